The van der Waals surface area contributed by atoms with Crippen LogP contribution in [0.1, 0.15) is 38.8 Å². The highest BCUT2D eigenvalue weighted by Gasteiger charge is 2.27. The van der Waals surface area contributed by atoms with Gasteiger partial charge in [0.25, 0.3) is 0 Å². The van der Waals surface area contributed by atoms with Crippen molar-refractivity contribution in [2.75, 3.05) is 13.1 Å². The van der Waals surface area contributed by atoms with E-state index in [1.807, 2.05) is 52.8 Å². The molecule has 0 saturated carbocycles. The van der Waals surface area contributed by atoms with Gasteiger partial charge >= 0.3 is 6.09 Å². The molecule has 20 heavy (non-hydrogen) atoms. The molecule has 0 spiro atoms. The monoisotopic (exact) mass is 278 g/mol. The van der Waals surface area contributed by atoms with Crippen LogP contribution in [0.5, 0.6) is 0 Å². The van der Waals surface area contributed by atoms with E-state index in [4.69, 9.17) is 10.5 Å². The van der Waals surface area contributed by atoms with Crippen molar-refractivity contribution in [3.8, 4) is 0 Å². The van der Waals surface area contributed by atoms with Crippen molar-refractivity contribution in [3.63, 3.8) is 0 Å². The van der Waals surface area contributed by atoms with Gasteiger partial charge in [-0.3, -0.25) is 0 Å². The number of carbonyl (C=O) groups excluding carboxylic acids is 1. The summed E-state index contributed by atoms with van der Waals surface area (Å²) >= 11 is 0. The molecule has 0 aliphatic heterocycles. The minimum absolute atomic E-state index is 0.303. The first-order valence-corrected chi connectivity index (χ1v) is 6.90. The molecule has 3 N–H and O–H groups in total. The van der Waals surface area contributed by atoms with Gasteiger partial charge in [0, 0.05) is 18.5 Å². The summed E-state index contributed by atoms with van der Waals surface area (Å²) in [5, 5.41) is 2.81. The Kier molecular flexibility index (Phi) is 5.17. The number of hydrogen-bond donors (Lipinski definition) is 2. The van der Waals surface area contributed by atoms with Crippen molar-refractivity contribution in [2.45, 2.75) is 45.6 Å². The molecule has 0 heterocycles. The smallest absolute Gasteiger partial charge is 0.407 e. The van der Waals surface area contributed by atoms with E-state index in [0.29, 0.717) is 13.1 Å². The normalized spacial score (nSPS) is 14.5. The van der Waals surface area contributed by atoms with Crippen molar-refractivity contribution in [3.05, 3.63) is 35.4 Å². The third-order valence-corrected chi connectivity index (χ3v) is 3.19. The molecule has 4 nitrogen and oxygen atoms in total. The van der Waals surface area contributed by atoms with Gasteiger partial charge in [0.2, 0.25) is 0 Å². The second-order valence-corrected chi connectivity index (χ2v) is 6.49. The highest BCUT2D eigenvalue weighted by atomic mass is 16.6. The van der Waals surface area contributed by atoms with Crippen LogP contribution in [0.2, 0.25) is 0 Å². The number of rotatable bonds is 4. The summed E-state index contributed by atoms with van der Waals surface area (Å²) in [7, 11) is 0. The first-order chi connectivity index (χ1) is 9.16. The Morgan fingerprint density at radius 3 is 2.45 bits per heavy atom. The molecule has 0 saturated heterocycles. The molecule has 112 valence electrons. The molecule has 1 amide bonds. The molecule has 0 aliphatic carbocycles. The number of hydrogen-bond acceptors (Lipinski definition) is 3. The molecule has 0 aliphatic rings. The number of benzene rings is 1. The lowest BCUT2D eigenvalue weighted by Crippen LogP contribution is -2.45. The number of alkyl carbamates (subject to hydrolysis) is 1. The Hall–Kier alpha value is -1.55. The van der Waals surface area contributed by atoms with Gasteiger partial charge in [0.05, 0.1) is 0 Å². The molecule has 0 fully saturated rings. The minimum Gasteiger partial charge on any atom is -0.444 e. The summed E-state index contributed by atoms with van der Waals surface area (Å²) in [6, 6.07) is 8.19. The maximum atomic E-state index is 11.7. The van der Waals surface area contributed by atoms with Crippen molar-refractivity contribution in [2.24, 2.45) is 5.73 Å². The molecule has 1 aromatic rings. The molecule has 1 atom stereocenters. The largest absolute Gasteiger partial charge is 0.444 e. The number of carbonyl (C=O) groups is 1. The summed E-state index contributed by atoms with van der Waals surface area (Å²) in [5.74, 6) is 0. The Morgan fingerprint density at radius 2 is 1.95 bits per heavy atom. The average Bonchev–Trinajstić information content (AvgIpc) is 2.34. The van der Waals surface area contributed by atoms with Gasteiger partial charge in [-0.1, -0.05) is 36.8 Å². The SMILES string of the molecule is Cc1cccc(C(C)(CN)CNC(=O)OC(C)(C)C)c1. The highest BCUT2D eigenvalue weighted by Crippen LogP contribution is 2.23. The van der Waals surface area contributed by atoms with Crippen LogP contribution in [-0.2, 0) is 10.2 Å². The van der Waals surface area contributed by atoms with Gasteiger partial charge in [-0.15, -0.1) is 0 Å². The second-order valence-electron chi connectivity index (χ2n) is 6.49. The first-order valence-electron chi connectivity index (χ1n) is 6.90. The van der Waals surface area contributed by atoms with E-state index in [9.17, 15) is 4.79 Å². The summed E-state index contributed by atoms with van der Waals surface area (Å²) in [5.41, 5.74) is 7.42. The number of amides is 1. The van der Waals surface area contributed by atoms with E-state index in [1.165, 1.54) is 5.56 Å². The molecule has 0 bridgehead atoms. The lowest BCUT2D eigenvalue weighted by molar-refractivity contribution is 0.0516. The maximum absolute atomic E-state index is 11.7. The van der Waals surface area contributed by atoms with Gasteiger partial charge < -0.3 is 15.8 Å². The van der Waals surface area contributed by atoms with Crippen LogP contribution in [0.4, 0.5) is 4.79 Å². The summed E-state index contributed by atoms with van der Waals surface area (Å²) in [6.07, 6.45) is -0.412. The molecule has 1 unspecified atom stereocenters. The minimum atomic E-state index is -0.494. The predicted molar refractivity (Wildman–Crippen MR) is 81.8 cm³/mol. The molecular formula is C16H26N2O2. The number of aryl methyl sites for hydroxylation is 1. The van der Waals surface area contributed by atoms with E-state index in [-0.39, 0.29) is 5.41 Å². The van der Waals surface area contributed by atoms with Gasteiger partial charge in [-0.05, 0) is 33.3 Å². The van der Waals surface area contributed by atoms with E-state index in [0.717, 1.165) is 5.56 Å². The molecule has 1 aromatic carbocycles. The Morgan fingerprint density at radius 1 is 1.30 bits per heavy atom. The molecule has 4 heteroatoms. The van der Waals surface area contributed by atoms with Crippen molar-refractivity contribution in [1.29, 1.82) is 0 Å². The van der Waals surface area contributed by atoms with Crippen molar-refractivity contribution < 1.29 is 9.53 Å². The summed E-state index contributed by atoms with van der Waals surface area (Å²) in [4.78, 5) is 11.7. The number of ether oxygens (including phenoxy) is 1. The standard InChI is InChI=1S/C16H26N2O2/c1-12-7-6-8-13(9-12)16(5,10-17)11-18-14(19)20-15(2,3)4/h6-9H,10-11,17H2,1-5H3,(H,18,19). The topological polar surface area (TPSA) is 64.3 Å². The lowest BCUT2D eigenvalue weighted by Gasteiger charge is -2.30. The maximum Gasteiger partial charge on any atom is 0.407 e. The van der Waals surface area contributed by atoms with Crippen LogP contribution >= 0.6 is 0 Å². The first kappa shape index (κ1) is 16.5. The predicted octanol–water partition coefficient (Wildman–Crippen LogP) is 2.74. The van der Waals surface area contributed by atoms with E-state index >= 15 is 0 Å². The average molecular weight is 278 g/mol. The van der Waals surface area contributed by atoms with Gasteiger partial charge in [0.15, 0.2) is 0 Å². The zero-order chi connectivity index (χ0) is 15.4. The number of nitrogens with two attached hydrogens (primary N) is 1. The van der Waals surface area contributed by atoms with Gasteiger partial charge in [-0.2, -0.15) is 0 Å². The Bertz CT molecular complexity index is 466. The fraction of sp³-hybridized carbons (Fsp3) is 0.562. The van der Waals surface area contributed by atoms with Crippen molar-refractivity contribution in [1.82, 2.24) is 5.32 Å². The lowest BCUT2D eigenvalue weighted by atomic mass is 9.82. The van der Waals surface area contributed by atoms with Crippen LogP contribution in [0.25, 0.3) is 0 Å². The third-order valence-electron chi connectivity index (χ3n) is 3.19. The van der Waals surface area contributed by atoms with E-state index in [2.05, 4.69) is 11.4 Å². The number of nitrogens with one attached hydrogen (secondary N) is 1. The van der Waals surface area contributed by atoms with Crippen molar-refractivity contribution >= 4 is 6.09 Å². The van der Waals surface area contributed by atoms with Crippen LogP contribution in [0, 0.1) is 6.92 Å². The Balaban J connectivity index is 2.74. The Labute approximate surface area is 121 Å². The zero-order valence-electron chi connectivity index (χ0n) is 13.1. The fourth-order valence-electron chi connectivity index (χ4n) is 1.89. The highest BCUT2D eigenvalue weighted by molar-refractivity contribution is 5.67. The van der Waals surface area contributed by atoms with Gasteiger partial charge in [0.1, 0.15) is 5.60 Å². The van der Waals surface area contributed by atoms with E-state index in [1.54, 1.807) is 0 Å². The molecule has 1 rings (SSSR count). The summed E-state index contributed by atoms with van der Waals surface area (Å²) in [6.45, 7) is 10.5. The zero-order valence-corrected chi connectivity index (χ0v) is 13.1. The van der Waals surface area contributed by atoms with Gasteiger partial charge in [-0.25, -0.2) is 4.79 Å². The summed E-state index contributed by atoms with van der Waals surface area (Å²) < 4.78 is 5.25. The van der Waals surface area contributed by atoms with E-state index < -0.39 is 11.7 Å². The third kappa shape index (κ3) is 4.85. The van der Waals surface area contributed by atoms with Crippen LogP contribution in [0.15, 0.2) is 24.3 Å². The second kappa shape index (κ2) is 6.27. The quantitative estimate of drug-likeness (QED) is 0.890. The molecular weight excluding hydrogens is 252 g/mol. The molecule has 0 aromatic heterocycles. The fourth-order valence-corrected chi connectivity index (χ4v) is 1.89. The van der Waals surface area contributed by atoms with Crippen LogP contribution < -0.4 is 11.1 Å². The molecule has 0 radical (unpaired) electrons. The van der Waals surface area contributed by atoms with Crippen LogP contribution in [0.3, 0.4) is 0 Å². The van der Waals surface area contributed by atoms with Crippen LogP contribution in [-0.4, -0.2) is 24.8 Å².